The average molecular weight is 313 g/mol. The fraction of sp³-hybridized carbons (Fsp3) is 0.438. The van der Waals surface area contributed by atoms with Gasteiger partial charge < -0.3 is 10.6 Å². The summed E-state index contributed by atoms with van der Waals surface area (Å²) in [5, 5.41) is 6.20. The van der Waals surface area contributed by atoms with Gasteiger partial charge in [0.25, 0.3) is 0 Å². The molecule has 5 heteroatoms. The normalized spacial score (nSPS) is 15.6. The molecule has 0 aliphatic carbocycles. The Morgan fingerprint density at radius 2 is 2.29 bits per heavy atom. The van der Waals surface area contributed by atoms with Crippen LogP contribution in [0, 0.1) is 11.7 Å². The lowest BCUT2D eigenvalue weighted by molar-refractivity contribution is -0.124. The molecular formula is C16H22ClFN2O. The minimum absolute atomic E-state index is 0. The Bertz CT molecular complexity index is 505. The second-order valence-electron chi connectivity index (χ2n) is 5.27. The lowest BCUT2D eigenvalue weighted by atomic mass is 10.00. The quantitative estimate of drug-likeness (QED) is 0.820. The van der Waals surface area contributed by atoms with Gasteiger partial charge in [-0.1, -0.05) is 30.7 Å². The van der Waals surface area contributed by atoms with E-state index in [9.17, 15) is 9.18 Å². The van der Waals surface area contributed by atoms with Gasteiger partial charge in [0, 0.05) is 19.0 Å². The van der Waals surface area contributed by atoms with E-state index in [1.54, 1.807) is 6.07 Å². The lowest BCUT2D eigenvalue weighted by Crippen LogP contribution is -2.33. The molecule has 1 amide bonds. The van der Waals surface area contributed by atoms with E-state index in [4.69, 9.17) is 0 Å². The van der Waals surface area contributed by atoms with Crippen molar-refractivity contribution in [2.24, 2.45) is 5.92 Å². The largest absolute Gasteiger partial charge is 0.352 e. The van der Waals surface area contributed by atoms with E-state index in [2.05, 4.69) is 16.7 Å². The van der Waals surface area contributed by atoms with Crippen LogP contribution >= 0.6 is 12.4 Å². The number of carbonyl (C=O) groups excluding carboxylic acids is 1. The molecule has 1 aromatic rings. The Labute approximate surface area is 131 Å². The second kappa shape index (κ2) is 8.80. The molecule has 116 valence electrons. The summed E-state index contributed by atoms with van der Waals surface area (Å²) < 4.78 is 13.1. The smallest absolute Gasteiger partial charge is 0.223 e. The van der Waals surface area contributed by atoms with Gasteiger partial charge in [-0.3, -0.25) is 4.79 Å². The first-order valence-corrected chi connectivity index (χ1v) is 7.06. The van der Waals surface area contributed by atoms with Crippen LogP contribution in [0.4, 0.5) is 4.39 Å². The van der Waals surface area contributed by atoms with Crippen molar-refractivity contribution >= 4 is 18.3 Å². The molecule has 1 heterocycles. The molecule has 0 radical (unpaired) electrons. The maximum atomic E-state index is 13.1. The van der Waals surface area contributed by atoms with Crippen molar-refractivity contribution < 1.29 is 9.18 Å². The number of halogens is 2. The van der Waals surface area contributed by atoms with Gasteiger partial charge >= 0.3 is 0 Å². The van der Waals surface area contributed by atoms with E-state index < -0.39 is 0 Å². The number of hydrogen-bond donors (Lipinski definition) is 2. The highest BCUT2D eigenvalue weighted by Gasteiger charge is 2.14. The molecule has 0 bridgehead atoms. The van der Waals surface area contributed by atoms with E-state index in [-0.39, 0.29) is 30.0 Å². The summed E-state index contributed by atoms with van der Waals surface area (Å²) in [6.45, 7) is 4.34. The Morgan fingerprint density at radius 1 is 1.48 bits per heavy atom. The lowest BCUT2D eigenvalue weighted by Gasteiger charge is -2.16. The van der Waals surface area contributed by atoms with Crippen molar-refractivity contribution in [2.75, 3.05) is 19.6 Å². The Morgan fingerprint density at radius 3 is 2.95 bits per heavy atom. The first-order valence-electron chi connectivity index (χ1n) is 7.06. The monoisotopic (exact) mass is 312 g/mol. The van der Waals surface area contributed by atoms with Gasteiger partial charge in [0.2, 0.25) is 5.91 Å². The topological polar surface area (TPSA) is 41.1 Å². The van der Waals surface area contributed by atoms with Crippen LogP contribution in [0.1, 0.15) is 18.9 Å². The highest BCUT2D eigenvalue weighted by atomic mass is 35.5. The molecule has 1 aliphatic rings. The van der Waals surface area contributed by atoms with Crippen LogP contribution in [0.5, 0.6) is 0 Å². The maximum absolute atomic E-state index is 13.1. The highest BCUT2D eigenvalue weighted by Crippen LogP contribution is 2.11. The molecule has 2 rings (SSSR count). The molecule has 0 saturated heterocycles. The summed E-state index contributed by atoms with van der Waals surface area (Å²) in [5.74, 6) is -0.386. The standard InChI is InChI=1S/C16H21FN2O.ClH/c1-12(9-14-3-2-4-15(17)10-14)16(20)19-11-13-5-7-18-8-6-13;/h2-5,10,12,18H,6-9,11H2,1H3,(H,19,20);1H. The highest BCUT2D eigenvalue weighted by molar-refractivity contribution is 5.85. The molecule has 0 spiro atoms. The third-order valence-corrected chi connectivity index (χ3v) is 3.53. The van der Waals surface area contributed by atoms with Crippen LogP contribution in [-0.4, -0.2) is 25.5 Å². The summed E-state index contributed by atoms with van der Waals surface area (Å²) in [7, 11) is 0. The predicted molar refractivity (Wildman–Crippen MR) is 85.1 cm³/mol. The van der Waals surface area contributed by atoms with E-state index in [1.165, 1.54) is 17.7 Å². The Hall–Kier alpha value is -1.39. The van der Waals surface area contributed by atoms with Crippen LogP contribution < -0.4 is 10.6 Å². The van der Waals surface area contributed by atoms with Crippen LogP contribution in [0.2, 0.25) is 0 Å². The van der Waals surface area contributed by atoms with E-state index >= 15 is 0 Å². The SMILES string of the molecule is CC(Cc1cccc(F)c1)C(=O)NCC1=CCNCC1.Cl. The summed E-state index contributed by atoms with van der Waals surface area (Å²) in [6.07, 6.45) is 3.67. The van der Waals surface area contributed by atoms with E-state index in [0.717, 1.165) is 25.1 Å². The number of hydrogen-bond acceptors (Lipinski definition) is 2. The number of rotatable bonds is 5. The maximum Gasteiger partial charge on any atom is 0.223 e. The van der Waals surface area contributed by atoms with Crippen LogP contribution in [0.25, 0.3) is 0 Å². The summed E-state index contributed by atoms with van der Waals surface area (Å²) in [5.41, 5.74) is 2.13. The third kappa shape index (κ3) is 5.86. The molecule has 1 atom stereocenters. The van der Waals surface area contributed by atoms with Gasteiger partial charge in [0.1, 0.15) is 5.82 Å². The minimum atomic E-state index is -0.255. The predicted octanol–water partition coefficient (Wildman–Crippen LogP) is 2.46. The van der Waals surface area contributed by atoms with Crippen LogP contribution in [0.3, 0.4) is 0 Å². The van der Waals surface area contributed by atoms with Gasteiger partial charge in [-0.15, -0.1) is 12.4 Å². The van der Waals surface area contributed by atoms with Crippen molar-refractivity contribution in [2.45, 2.75) is 19.8 Å². The zero-order chi connectivity index (χ0) is 14.4. The van der Waals surface area contributed by atoms with Crippen molar-refractivity contribution in [3.8, 4) is 0 Å². The Balaban J connectivity index is 0.00000220. The molecule has 21 heavy (non-hydrogen) atoms. The van der Waals surface area contributed by atoms with Gasteiger partial charge in [-0.05, 0) is 37.1 Å². The average Bonchev–Trinajstić information content (AvgIpc) is 2.46. The van der Waals surface area contributed by atoms with Gasteiger partial charge in [-0.2, -0.15) is 0 Å². The van der Waals surface area contributed by atoms with Gasteiger partial charge in [-0.25, -0.2) is 4.39 Å². The van der Waals surface area contributed by atoms with Crippen molar-refractivity contribution in [1.29, 1.82) is 0 Å². The van der Waals surface area contributed by atoms with Crippen molar-refractivity contribution in [3.05, 3.63) is 47.3 Å². The molecule has 0 aromatic heterocycles. The Kier molecular flexibility index (Phi) is 7.40. The molecule has 0 saturated carbocycles. The fourth-order valence-corrected chi connectivity index (χ4v) is 2.32. The first kappa shape index (κ1) is 17.7. The molecule has 2 N–H and O–H groups in total. The van der Waals surface area contributed by atoms with Gasteiger partial charge in [0.15, 0.2) is 0 Å². The summed E-state index contributed by atoms with van der Waals surface area (Å²) in [6, 6.07) is 6.42. The number of amides is 1. The number of carbonyl (C=O) groups is 1. The molecular weight excluding hydrogens is 291 g/mol. The zero-order valence-electron chi connectivity index (χ0n) is 12.2. The minimum Gasteiger partial charge on any atom is -0.352 e. The molecule has 3 nitrogen and oxygen atoms in total. The van der Waals surface area contributed by atoms with E-state index in [0.29, 0.717) is 13.0 Å². The van der Waals surface area contributed by atoms with Gasteiger partial charge in [0.05, 0.1) is 0 Å². The number of nitrogens with one attached hydrogen (secondary N) is 2. The molecule has 1 aromatic carbocycles. The van der Waals surface area contributed by atoms with Crippen molar-refractivity contribution in [1.82, 2.24) is 10.6 Å². The fourth-order valence-electron chi connectivity index (χ4n) is 2.32. The number of benzene rings is 1. The molecule has 1 aliphatic heterocycles. The van der Waals surface area contributed by atoms with Crippen LogP contribution in [0.15, 0.2) is 35.9 Å². The third-order valence-electron chi connectivity index (χ3n) is 3.53. The molecule has 0 fully saturated rings. The summed E-state index contributed by atoms with van der Waals surface area (Å²) in [4.78, 5) is 12.0. The zero-order valence-corrected chi connectivity index (χ0v) is 13.0. The summed E-state index contributed by atoms with van der Waals surface area (Å²) >= 11 is 0. The first-order chi connectivity index (χ1) is 9.65. The molecule has 1 unspecified atom stereocenters. The van der Waals surface area contributed by atoms with Crippen molar-refractivity contribution in [3.63, 3.8) is 0 Å². The second-order valence-corrected chi connectivity index (χ2v) is 5.27. The van der Waals surface area contributed by atoms with E-state index in [1.807, 2.05) is 13.0 Å². The van der Waals surface area contributed by atoms with Crippen LogP contribution in [-0.2, 0) is 11.2 Å².